The van der Waals surface area contributed by atoms with Crippen LogP contribution in [0.5, 0.6) is 0 Å². The predicted molar refractivity (Wildman–Crippen MR) is 79.3 cm³/mol. The summed E-state index contributed by atoms with van der Waals surface area (Å²) in [6.07, 6.45) is -0.281. The van der Waals surface area contributed by atoms with Crippen LogP contribution in [0, 0.1) is 0 Å². The standard InChI is InChI=1S/C12H17N4O5P/c1-22(20)4-21-12-10(18)9(17)7(16-12)5-2-13-8-6(5)14-3-15-11(8)19/h2-3,7,9-10,12-13,16-18,22H,4H2,1H3,(H,14,15,19)/t7-,9-,10-,12+/m0/s1. The Morgan fingerprint density at radius 2 is 2.14 bits per heavy atom. The molecular weight excluding hydrogens is 311 g/mol. The summed E-state index contributed by atoms with van der Waals surface area (Å²) < 4.78 is 16.5. The van der Waals surface area contributed by atoms with Gasteiger partial charge in [0.25, 0.3) is 5.56 Å². The average molecular weight is 328 g/mol. The number of aromatic nitrogens is 3. The first-order chi connectivity index (χ1) is 10.5. The number of aromatic amines is 2. The number of aliphatic hydroxyl groups excluding tert-OH is 2. The summed E-state index contributed by atoms with van der Waals surface area (Å²) in [5.74, 6) is 0. The second-order valence-corrected chi connectivity index (χ2v) is 6.95. The molecule has 0 aliphatic carbocycles. The molecule has 0 spiro atoms. The molecule has 2 aromatic rings. The van der Waals surface area contributed by atoms with E-state index in [9.17, 15) is 19.6 Å². The smallest absolute Gasteiger partial charge is 0.275 e. The van der Waals surface area contributed by atoms with Gasteiger partial charge in [0.1, 0.15) is 29.5 Å². The third kappa shape index (κ3) is 2.62. The molecule has 22 heavy (non-hydrogen) atoms. The topological polar surface area (TPSA) is 140 Å². The second kappa shape index (κ2) is 5.94. The highest BCUT2D eigenvalue weighted by molar-refractivity contribution is 7.43. The van der Waals surface area contributed by atoms with Gasteiger partial charge < -0.3 is 29.5 Å². The first kappa shape index (κ1) is 15.4. The van der Waals surface area contributed by atoms with Crippen molar-refractivity contribution >= 4 is 18.8 Å². The number of nitrogens with one attached hydrogen (secondary N) is 3. The van der Waals surface area contributed by atoms with Gasteiger partial charge in [-0.1, -0.05) is 0 Å². The molecule has 1 fully saturated rings. The van der Waals surface area contributed by atoms with Crippen molar-refractivity contribution in [3.63, 3.8) is 0 Å². The van der Waals surface area contributed by atoms with Crippen LogP contribution in [0.4, 0.5) is 0 Å². The lowest BCUT2D eigenvalue weighted by molar-refractivity contribution is -0.0481. The Balaban J connectivity index is 1.89. The van der Waals surface area contributed by atoms with E-state index in [1.54, 1.807) is 12.9 Å². The van der Waals surface area contributed by atoms with Gasteiger partial charge in [-0.2, -0.15) is 0 Å². The molecule has 5 N–H and O–H groups in total. The van der Waals surface area contributed by atoms with Gasteiger partial charge in [-0.3, -0.25) is 10.1 Å². The summed E-state index contributed by atoms with van der Waals surface area (Å²) in [4.78, 5) is 21.0. The first-order valence-electron chi connectivity index (χ1n) is 6.77. The average Bonchev–Trinajstić information content (AvgIpc) is 3.01. The maximum atomic E-state index is 11.7. The molecule has 120 valence electrons. The van der Waals surface area contributed by atoms with Gasteiger partial charge >= 0.3 is 0 Å². The van der Waals surface area contributed by atoms with Gasteiger partial charge in [0, 0.05) is 11.8 Å². The third-order valence-electron chi connectivity index (χ3n) is 3.65. The Bertz CT molecular complexity index is 759. The van der Waals surface area contributed by atoms with Crippen LogP contribution < -0.4 is 10.9 Å². The van der Waals surface area contributed by atoms with Gasteiger partial charge in [0.05, 0.1) is 26.5 Å². The van der Waals surface area contributed by atoms with Gasteiger partial charge in [0.2, 0.25) is 0 Å². The largest absolute Gasteiger partial charge is 0.388 e. The zero-order chi connectivity index (χ0) is 15.9. The molecule has 1 aliphatic heterocycles. The quantitative estimate of drug-likeness (QED) is 0.458. The maximum absolute atomic E-state index is 11.7. The van der Waals surface area contributed by atoms with Crippen LogP contribution in [-0.2, 0) is 9.30 Å². The fourth-order valence-corrected chi connectivity index (χ4v) is 3.00. The molecule has 0 amide bonds. The van der Waals surface area contributed by atoms with E-state index in [2.05, 4.69) is 20.3 Å². The molecule has 1 aliphatic rings. The minimum Gasteiger partial charge on any atom is -0.388 e. The number of nitrogens with zero attached hydrogens (tertiary/aromatic N) is 1. The summed E-state index contributed by atoms with van der Waals surface area (Å²) in [7, 11) is -1.84. The number of rotatable bonds is 4. The summed E-state index contributed by atoms with van der Waals surface area (Å²) >= 11 is 0. The fraction of sp³-hybridized carbons (Fsp3) is 0.500. The van der Waals surface area contributed by atoms with E-state index in [0.717, 1.165) is 0 Å². The number of fused-ring (bicyclic) bond motifs is 1. The number of H-pyrrole nitrogens is 2. The fourth-order valence-electron chi connectivity index (χ4n) is 2.59. The molecule has 0 aromatic carbocycles. The molecule has 0 radical (unpaired) electrons. The highest BCUT2D eigenvalue weighted by atomic mass is 31.1. The predicted octanol–water partition coefficient (Wildman–Crippen LogP) is -0.893. The molecule has 10 heteroatoms. The van der Waals surface area contributed by atoms with E-state index in [1.807, 2.05) is 0 Å². The van der Waals surface area contributed by atoms with Crippen LogP contribution in [0.25, 0.3) is 11.0 Å². The van der Waals surface area contributed by atoms with E-state index in [-0.39, 0.29) is 11.9 Å². The molecule has 1 unspecified atom stereocenters. The minimum atomic E-state index is -1.84. The summed E-state index contributed by atoms with van der Waals surface area (Å²) in [6.45, 7) is 1.55. The van der Waals surface area contributed by atoms with Crippen molar-refractivity contribution in [3.8, 4) is 0 Å². The second-order valence-electron chi connectivity index (χ2n) is 5.26. The van der Waals surface area contributed by atoms with Crippen molar-refractivity contribution in [2.75, 3.05) is 13.0 Å². The Hall–Kier alpha value is -1.51. The highest BCUT2D eigenvalue weighted by Gasteiger charge is 2.43. The monoisotopic (exact) mass is 328 g/mol. The molecule has 3 rings (SSSR count). The Kier molecular flexibility index (Phi) is 4.16. The van der Waals surface area contributed by atoms with E-state index in [0.29, 0.717) is 16.6 Å². The molecule has 0 saturated carbocycles. The van der Waals surface area contributed by atoms with Crippen molar-refractivity contribution < 1.29 is 19.5 Å². The number of hydrogen-bond acceptors (Lipinski definition) is 7. The van der Waals surface area contributed by atoms with Crippen molar-refractivity contribution in [3.05, 3.63) is 28.4 Å². The SMILES string of the molecule is C[PH](=O)CO[C@H]1N[C@@H](c2c[nH]c3c(=O)[nH]cnc23)[C@H](O)[C@@H]1O. The lowest BCUT2D eigenvalue weighted by atomic mass is 10.0. The number of hydrogen-bond donors (Lipinski definition) is 5. The normalized spacial score (nSPS) is 30.0. The first-order valence-corrected chi connectivity index (χ1v) is 8.88. The van der Waals surface area contributed by atoms with Gasteiger partial charge in [-0.05, 0) is 6.66 Å². The molecule has 1 saturated heterocycles. The number of aliphatic hydroxyl groups is 2. The lowest BCUT2D eigenvalue weighted by Crippen LogP contribution is -2.35. The highest BCUT2D eigenvalue weighted by Crippen LogP contribution is 2.31. The minimum absolute atomic E-state index is 0.0185. The van der Waals surface area contributed by atoms with E-state index in [1.165, 1.54) is 6.33 Å². The van der Waals surface area contributed by atoms with Gasteiger partial charge in [-0.15, -0.1) is 0 Å². The third-order valence-corrected chi connectivity index (χ3v) is 4.22. The molecule has 5 atom stereocenters. The summed E-state index contributed by atoms with van der Waals surface area (Å²) in [5.41, 5.74) is 0.950. The zero-order valence-electron chi connectivity index (χ0n) is 11.7. The Morgan fingerprint density at radius 3 is 2.86 bits per heavy atom. The van der Waals surface area contributed by atoms with Crippen LogP contribution in [0.2, 0.25) is 0 Å². The van der Waals surface area contributed by atoms with E-state index in [4.69, 9.17) is 4.74 Å². The van der Waals surface area contributed by atoms with Gasteiger partial charge in [-0.25, -0.2) is 4.98 Å². The molecular formula is C12H17N4O5P. The van der Waals surface area contributed by atoms with Crippen LogP contribution in [0.1, 0.15) is 11.6 Å². The van der Waals surface area contributed by atoms with Crippen LogP contribution in [0.3, 0.4) is 0 Å². The van der Waals surface area contributed by atoms with Gasteiger partial charge in [0.15, 0.2) is 0 Å². The number of ether oxygens (including phenoxy) is 1. The lowest BCUT2D eigenvalue weighted by Gasteiger charge is -2.15. The Morgan fingerprint density at radius 1 is 1.36 bits per heavy atom. The maximum Gasteiger partial charge on any atom is 0.275 e. The zero-order valence-corrected chi connectivity index (χ0v) is 12.7. The summed E-state index contributed by atoms with van der Waals surface area (Å²) in [5, 5.41) is 23.2. The molecule has 0 bridgehead atoms. The van der Waals surface area contributed by atoms with Crippen LogP contribution >= 0.6 is 7.80 Å². The van der Waals surface area contributed by atoms with E-state index >= 15 is 0 Å². The van der Waals surface area contributed by atoms with Crippen molar-refractivity contribution in [2.45, 2.75) is 24.5 Å². The summed E-state index contributed by atoms with van der Waals surface area (Å²) in [6, 6.07) is -0.651. The molecule has 3 heterocycles. The van der Waals surface area contributed by atoms with Crippen LogP contribution in [-0.4, -0.2) is 56.6 Å². The molecule has 2 aromatic heterocycles. The van der Waals surface area contributed by atoms with Crippen molar-refractivity contribution in [1.29, 1.82) is 0 Å². The van der Waals surface area contributed by atoms with E-state index < -0.39 is 32.3 Å². The Labute approximate surface area is 125 Å². The van der Waals surface area contributed by atoms with Crippen LogP contribution in [0.15, 0.2) is 17.3 Å². The molecule has 9 nitrogen and oxygen atoms in total. The van der Waals surface area contributed by atoms with Crippen molar-refractivity contribution in [2.24, 2.45) is 0 Å². The van der Waals surface area contributed by atoms with Crippen molar-refractivity contribution in [1.82, 2.24) is 20.3 Å².